The molecular weight excluding hydrogens is 296 g/mol. The molecule has 0 aliphatic rings. The molecule has 6 heteroatoms. The molecule has 2 heterocycles. The van der Waals surface area contributed by atoms with Crippen LogP contribution in [-0.2, 0) is 13.6 Å². The van der Waals surface area contributed by atoms with Crippen LogP contribution in [0.15, 0.2) is 12.4 Å². The highest BCUT2D eigenvalue weighted by Gasteiger charge is 2.23. The van der Waals surface area contributed by atoms with Crippen molar-refractivity contribution in [3.8, 4) is 0 Å². The third-order valence-electron chi connectivity index (χ3n) is 3.54. The van der Waals surface area contributed by atoms with Gasteiger partial charge in [0.1, 0.15) is 10.7 Å². The van der Waals surface area contributed by atoms with Crippen molar-refractivity contribution in [3.63, 3.8) is 0 Å². The maximum absolute atomic E-state index is 12.9. The predicted molar refractivity (Wildman–Crippen MR) is 89.2 cm³/mol. The molecule has 0 aliphatic carbocycles. The van der Waals surface area contributed by atoms with Gasteiger partial charge in [-0.05, 0) is 13.3 Å². The maximum atomic E-state index is 12.9. The summed E-state index contributed by atoms with van der Waals surface area (Å²) in [5, 5.41) is 1.02. The Morgan fingerprint density at radius 2 is 2.18 bits per heavy atom. The Morgan fingerprint density at radius 1 is 1.45 bits per heavy atom. The van der Waals surface area contributed by atoms with Crippen molar-refractivity contribution in [1.82, 2.24) is 19.4 Å². The molecule has 2 rings (SSSR count). The molecule has 0 spiro atoms. The molecule has 2 aromatic heterocycles. The van der Waals surface area contributed by atoms with Crippen LogP contribution in [0.4, 0.5) is 0 Å². The third-order valence-corrected chi connectivity index (χ3v) is 4.98. The van der Waals surface area contributed by atoms with Gasteiger partial charge in [-0.25, -0.2) is 9.97 Å². The van der Waals surface area contributed by atoms with Crippen molar-refractivity contribution >= 4 is 17.2 Å². The number of rotatable bonds is 6. The fourth-order valence-electron chi connectivity index (χ4n) is 2.25. The van der Waals surface area contributed by atoms with Crippen molar-refractivity contribution in [2.75, 3.05) is 6.54 Å². The predicted octanol–water partition coefficient (Wildman–Crippen LogP) is 3.36. The molecule has 0 unspecified atom stereocenters. The van der Waals surface area contributed by atoms with E-state index in [0.717, 1.165) is 34.4 Å². The molecule has 0 atom stereocenters. The highest BCUT2D eigenvalue weighted by molar-refractivity contribution is 7.13. The van der Waals surface area contributed by atoms with E-state index in [0.29, 0.717) is 12.5 Å². The lowest BCUT2D eigenvalue weighted by Crippen LogP contribution is -2.32. The molecular formula is C16H24N4OS. The summed E-state index contributed by atoms with van der Waals surface area (Å²) in [6.07, 6.45) is 4.59. The molecule has 0 fully saturated rings. The molecule has 2 aromatic rings. The number of hydrogen-bond donors (Lipinski definition) is 0. The number of carbonyl (C=O) groups is 1. The molecule has 0 aliphatic heterocycles. The Labute approximate surface area is 136 Å². The van der Waals surface area contributed by atoms with E-state index < -0.39 is 0 Å². The lowest BCUT2D eigenvalue weighted by molar-refractivity contribution is 0.0741. The zero-order valence-electron chi connectivity index (χ0n) is 14.0. The number of aromatic nitrogens is 3. The number of thiazole rings is 1. The Bertz CT molecular complexity index is 644. The molecule has 0 saturated heterocycles. The van der Waals surface area contributed by atoms with Crippen molar-refractivity contribution in [2.45, 2.75) is 46.6 Å². The maximum Gasteiger partial charge on any atom is 0.266 e. The first kappa shape index (κ1) is 16.7. The first-order valence-corrected chi connectivity index (χ1v) is 8.48. The van der Waals surface area contributed by atoms with Gasteiger partial charge in [-0.15, -0.1) is 11.3 Å². The Kier molecular flexibility index (Phi) is 5.34. The first-order valence-electron chi connectivity index (χ1n) is 7.66. The monoisotopic (exact) mass is 320 g/mol. The van der Waals surface area contributed by atoms with Gasteiger partial charge in [0.2, 0.25) is 0 Å². The van der Waals surface area contributed by atoms with Gasteiger partial charge in [0.25, 0.3) is 5.91 Å². The summed E-state index contributed by atoms with van der Waals surface area (Å²) in [5.74, 6) is 1.30. The van der Waals surface area contributed by atoms with Gasteiger partial charge < -0.3 is 9.47 Å². The highest BCUT2D eigenvalue weighted by Crippen LogP contribution is 2.26. The second-order valence-corrected chi connectivity index (χ2v) is 6.83. The summed E-state index contributed by atoms with van der Waals surface area (Å²) < 4.78 is 1.95. The summed E-state index contributed by atoms with van der Waals surface area (Å²) in [7, 11) is 1.95. The minimum Gasteiger partial charge on any atom is -0.337 e. The average molecular weight is 320 g/mol. The van der Waals surface area contributed by atoms with Gasteiger partial charge in [0, 0.05) is 31.9 Å². The molecule has 0 radical (unpaired) electrons. The molecule has 22 heavy (non-hydrogen) atoms. The smallest absolute Gasteiger partial charge is 0.266 e. The summed E-state index contributed by atoms with van der Waals surface area (Å²) >= 11 is 1.52. The van der Waals surface area contributed by atoms with Gasteiger partial charge in [0.05, 0.1) is 17.2 Å². The van der Waals surface area contributed by atoms with Crippen molar-refractivity contribution in [2.24, 2.45) is 7.05 Å². The van der Waals surface area contributed by atoms with E-state index in [4.69, 9.17) is 0 Å². The molecule has 0 N–H and O–H groups in total. The van der Waals surface area contributed by atoms with Crippen LogP contribution in [0.3, 0.4) is 0 Å². The summed E-state index contributed by atoms with van der Waals surface area (Å²) in [4.78, 5) is 24.4. The normalized spacial score (nSPS) is 11.2. The Balaban J connectivity index is 2.24. The summed E-state index contributed by atoms with van der Waals surface area (Å²) in [5.41, 5.74) is 0.833. The van der Waals surface area contributed by atoms with Crippen molar-refractivity contribution in [1.29, 1.82) is 0 Å². The van der Waals surface area contributed by atoms with Crippen LogP contribution in [-0.4, -0.2) is 31.9 Å². The number of hydrogen-bond acceptors (Lipinski definition) is 4. The largest absolute Gasteiger partial charge is 0.337 e. The first-order chi connectivity index (χ1) is 10.4. The van der Waals surface area contributed by atoms with Gasteiger partial charge in [0.15, 0.2) is 0 Å². The number of amides is 1. The lowest BCUT2D eigenvalue weighted by Gasteiger charge is -2.21. The van der Waals surface area contributed by atoms with Crippen LogP contribution < -0.4 is 0 Å². The fourth-order valence-corrected chi connectivity index (χ4v) is 3.29. The van der Waals surface area contributed by atoms with E-state index in [1.54, 1.807) is 6.20 Å². The summed E-state index contributed by atoms with van der Waals surface area (Å²) in [6.45, 7) is 9.46. The topological polar surface area (TPSA) is 51.0 Å². The van der Waals surface area contributed by atoms with Gasteiger partial charge in [-0.3, -0.25) is 4.79 Å². The van der Waals surface area contributed by atoms with Gasteiger partial charge in [-0.2, -0.15) is 0 Å². The summed E-state index contributed by atoms with van der Waals surface area (Å²) in [6, 6.07) is 0. The van der Waals surface area contributed by atoms with E-state index >= 15 is 0 Å². The van der Waals surface area contributed by atoms with Gasteiger partial charge >= 0.3 is 0 Å². The van der Waals surface area contributed by atoms with Crippen LogP contribution in [0, 0.1) is 6.92 Å². The third kappa shape index (κ3) is 3.55. The van der Waals surface area contributed by atoms with Crippen LogP contribution in [0.5, 0.6) is 0 Å². The van der Waals surface area contributed by atoms with Crippen LogP contribution in [0.1, 0.15) is 59.3 Å². The molecule has 5 nitrogen and oxygen atoms in total. The number of carbonyl (C=O) groups excluding carboxylic acids is 1. The second kappa shape index (κ2) is 7.05. The lowest BCUT2D eigenvalue weighted by atomic mass is 10.2. The van der Waals surface area contributed by atoms with Gasteiger partial charge in [-0.1, -0.05) is 20.8 Å². The molecule has 0 aromatic carbocycles. The van der Waals surface area contributed by atoms with E-state index in [9.17, 15) is 4.79 Å². The van der Waals surface area contributed by atoms with Crippen LogP contribution in [0.2, 0.25) is 0 Å². The number of aryl methyl sites for hydroxylation is 2. The fraction of sp³-hybridized carbons (Fsp3) is 0.562. The zero-order valence-corrected chi connectivity index (χ0v) is 14.8. The minimum absolute atomic E-state index is 0.0618. The SMILES string of the molecule is CCCN(Cc1nccn1C)C(=O)c1sc(C(C)C)nc1C. The molecule has 120 valence electrons. The van der Waals surface area contributed by atoms with E-state index in [1.165, 1.54) is 11.3 Å². The second-order valence-electron chi connectivity index (χ2n) is 5.80. The number of nitrogens with zero attached hydrogens (tertiary/aromatic N) is 4. The Morgan fingerprint density at radius 3 is 2.68 bits per heavy atom. The van der Waals surface area contributed by atoms with Crippen LogP contribution >= 0.6 is 11.3 Å². The number of imidazole rings is 1. The highest BCUT2D eigenvalue weighted by atomic mass is 32.1. The molecule has 0 bridgehead atoms. The zero-order chi connectivity index (χ0) is 16.3. The quantitative estimate of drug-likeness (QED) is 0.820. The van der Waals surface area contributed by atoms with Crippen molar-refractivity contribution < 1.29 is 4.79 Å². The minimum atomic E-state index is 0.0618. The van der Waals surface area contributed by atoms with E-state index in [2.05, 4.69) is 30.7 Å². The van der Waals surface area contributed by atoms with Crippen LogP contribution in [0.25, 0.3) is 0 Å². The Hall–Kier alpha value is -1.69. The van der Waals surface area contributed by atoms with E-state index in [-0.39, 0.29) is 5.91 Å². The van der Waals surface area contributed by atoms with Crippen molar-refractivity contribution in [3.05, 3.63) is 33.8 Å². The molecule has 1 amide bonds. The van der Waals surface area contributed by atoms with E-state index in [1.807, 2.05) is 29.6 Å². The standard InChI is InChI=1S/C16H24N4OS/c1-6-8-20(10-13-17-7-9-19(13)5)16(21)14-12(4)18-15(22-14)11(2)3/h7,9,11H,6,8,10H2,1-5H3. The molecule has 0 saturated carbocycles. The average Bonchev–Trinajstić information content (AvgIpc) is 3.04.